The van der Waals surface area contributed by atoms with Crippen molar-refractivity contribution in [2.45, 2.75) is 32.9 Å². The van der Waals surface area contributed by atoms with E-state index in [1.54, 1.807) is 20.3 Å². The molecule has 0 bridgehead atoms. The Morgan fingerprint density at radius 2 is 2.00 bits per heavy atom. The van der Waals surface area contributed by atoms with E-state index in [0.29, 0.717) is 30.4 Å². The van der Waals surface area contributed by atoms with E-state index < -0.39 is 12.0 Å². The number of methoxy groups -OCH3 is 2. The number of carboxylic acids is 1. The van der Waals surface area contributed by atoms with Crippen LogP contribution in [0.1, 0.15) is 25.8 Å². The molecule has 0 aliphatic carbocycles. The Balaban J connectivity index is 2.74. The number of aliphatic carboxylic acids is 1. The van der Waals surface area contributed by atoms with Gasteiger partial charge < -0.3 is 19.9 Å². The summed E-state index contributed by atoms with van der Waals surface area (Å²) in [6.45, 7) is 4.45. The van der Waals surface area contributed by atoms with Crippen molar-refractivity contribution in [3.63, 3.8) is 0 Å². The average molecular weight is 281 g/mol. The first-order valence-corrected chi connectivity index (χ1v) is 6.65. The summed E-state index contributed by atoms with van der Waals surface area (Å²) in [5, 5.41) is 12.3. The van der Waals surface area contributed by atoms with Crippen molar-refractivity contribution in [2.24, 2.45) is 5.92 Å². The van der Waals surface area contributed by atoms with Gasteiger partial charge in [-0.15, -0.1) is 0 Å². The summed E-state index contributed by atoms with van der Waals surface area (Å²) in [4.78, 5) is 11.2. The predicted octanol–water partition coefficient (Wildman–Crippen LogP) is 2.29. The minimum absolute atomic E-state index is 0.321. The normalized spacial score (nSPS) is 12.2. The number of hydrogen-bond donors (Lipinski definition) is 2. The zero-order valence-electron chi connectivity index (χ0n) is 12.5. The van der Waals surface area contributed by atoms with Crippen LogP contribution in [0, 0.1) is 5.92 Å². The Labute approximate surface area is 119 Å². The van der Waals surface area contributed by atoms with Gasteiger partial charge in [-0.3, -0.25) is 4.79 Å². The minimum atomic E-state index is -0.828. The van der Waals surface area contributed by atoms with Gasteiger partial charge in [-0.1, -0.05) is 19.9 Å². The van der Waals surface area contributed by atoms with E-state index in [0.717, 1.165) is 5.56 Å². The number of carboxylic acid groups (broad SMARTS) is 1. The van der Waals surface area contributed by atoms with Crippen LogP contribution in [0.4, 0.5) is 0 Å². The van der Waals surface area contributed by atoms with Gasteiger partial charge in [0.1, 0.15) is 17.5 Å². The van der Waals surface area contributed by atoms with E-state index in [1.807, 2.05) is 26.0 Å². The van der Waals surface area contributed by atoms with Crippen molar-refractivity contribution in [2.75, 3.05) is 14.2 Å². The molecule has 20 heavy (non-hydrogen) atoms. The van der Waals surface area contributed by atoms with Crippen LogP contribution in [0.15, 0.2) is 18.2 Å². The second kappa shape index (κ2) is 7.75. The van der Waals surface area contributed by atoms with E-state index in [1.165, 1.54) is 0 Å². The fourth-order valence-electron chi connectivity index (χ4n) is 1.97. The third-order valence-corrected chi connectivity index (χ3v) is 3.04. The molecule has 0 amide bonds. The van der Waals surface area contributed by atoms with Gasteiger partial charge in [0.15, 0.2) is 0 Å². The van der Waals surface area contributed by atoms with Gasteiger partial charge in [-0.2, -0.15) is 0 Å². The van der Waals surface area contributed by atoms with E-state index in [-0.39, 0.29) is 0 Å². The summed E-state index contributed by atoms with van der Waals surface area (Å²) in [7, 11) is 3.18. The molecule has 1 aromatic rings. The molecular weight excluding hydrogens is 258 g/mol. The van der Waals surface area contributed by atoms with Crippen molar-refractivity contribution < 1.29 is 19.4 Å². The highest BCUT2D eigenvalue weighted by Gasteiger charge is 2.18. The SMILES string of the molecule is COc1ccc(CN[C@@H](CC(C)C)C(=O)O)c(OC)c1. The van der Waals surface area contributed by atoms with Crippen molar-refractivity contribution in [3.05, 3.63) is 23.8 Å². The Bertz CT molecular complexity index is 445. The molecule has 0 saturated heterocycles. The predicted molar refractivity (Wildman–Crippen MR) is 77.3 cm³/mol. The summed E-state index contributed by atoms with van der Waals surface area (Å²) in [6, 6.07) is 4.94. The molecule has 0 heterocycles. The maximum atomic E-state index is 11.2. The summed E-state index contributed by atoms with van der Waals surface area (Å²) in [6.07, 6.45) is 0.591. The summed E-state index contributed by atoms with van der Waals surface area (Å²) < 4.78 is 10.4. The molecule has 2 N–H and O–H groups in total. The second-order valence-corrected chi connectivity index (χ2v) is 5.08. The van der Waals surface area contributed by atoms with Crippen molar-refractivity contribution in [1.29, 1.82) is 0 Å². The van der Waals surface area contributed by atoms with Crippen LogP contribution in [0.2, 0.25) is 0 Å². The number of ether oxygens (including phenoxy) is 2. The molecule has 0 fully saturated rings. The Kier molecular flexibility index (Phi) is 6.31. The highest BCUT2D eigenvalue weighted by Crippen LogP contribution is 2.24. The van der Waals surface area contributed by atoms with Crippen LogP contribution < -0.4 is 14.8 Å². The van der Waals surface area contributed by atoms with Crippen molar-refractivity contribution in [3.8, 4) is 11.5 Å². The summed E-state index contributed by atoms with van der Waals surface area (Å²) >= 11 is 0. The van der Waals surface area contributed by atoms with Crippen LogP contribution in [0.5, 0.6) is 11.5 Å². The van der Waals surface area contributed by atoms with Crippen LogP contribution in [0.3, 0.4) is 0 Å². The number of hydrogen-bond acceptors (Lipinski definition) is 4. The molecule has 1 rings (SSSR count). The molecular formula is C15H23NO4. The maximum Gasteiger partial charge on any atom is 0.320 e. The van der Waals surface area contributed by atoms with E-state index in [9.17, 15) is 9.90 Å². The molecule has 0 aromatic heterocycles. The molecule has 0 unspecified atom stereocenters. The lowest BCUT2D eigenvalue weighted by Gasteiger charge is -2.17. The standard InChI is InChI=1S/C15H23NO4/c1-10(2)7-13(15(17)18)16-9-11-5-6-12(19-3)8-14(11)20-4/h5-6,8,10,13,16H,7,9H2,1-4H3,(H,17,18)/t13-/m0/s1. The highest BCUT2D eigenvalue weighted by molar-refractivity contribution is 5.73. The lowest BCUT2D eigenvalue weighted by molar-refractivity contribution is -0.140. The van der Waals surface area contributed by atoms with Crippen LogP contribution in [-0.4, -0.2) is 31.3 Å². The Hall–Kier alpha value is -1.75. The molecule has 0 saturated carbocycles. The van der Waals surface area contributed by atoms with Crippen molar-refractivity contribution in [1.82, 2.24) is 5.32 Å². The van der Waals surface area contributed by atoms with Gasteiger partial charge in [0, 0.05) is 18.2 Å². The average Bonchev–Trinajstić information content (AvgIpc) is 2.42. The number of rotatable bonds is 8. The van der Waals surface area contributed by atoms with E-state index in [2.05, 4.69) is 5.32 Å². The van der Waals surface area contributed by atoms with E-state index in [4.69, 9.17) is 9.47 Å². The first-order valence-electron chi connectivity index (χ1n) is 6.65. The fraction of sp³-hybridized carbons (Fsp3) is 0.533. The summed E-state index contributed by atoms with van der Waals surface area (Å²) in [5.41, 5.74) is 0.906. The zero-order chi connectivity index (χ0) is 15.1. The van der Waals surface area contributed by atoms with Crippen molar-refractivity contribution >= 4 is 5.97 Å². The van der Waals surface area contributed by atoms with Crippen LogP contribution >= 0.6 is 0 Å². The van der Waals surface area contributed by atoms with Gasteiger partial charge in [0.05, 0.1) is 14.2 Å². The molecule has 1 atom stereocenters. The smallest absolute Gasteiger partial charge is 0.320 e. The molecule has 1 aromatic carbocycles. The van der Waals surface area contributed by atoms with Crippen LogP contribution in [-0.2, 0) is 11.3 Å². The zero-order valence-corrected chi connectivity index (χ0v) is 12.5. The van der Waals surface area contributed by atoms with Gasteiger partial charge in [0.25, 0.3) is 0 Å². The number of benzene rings is 1. The third kappa shape index (κ3) is 4.74. The molecule has 5 nitrogen and oxygen atoms in total. The molecule has 5 heteroatoms. The molecule has 0 radical (unpaired) electrons. The number of carbonyl (C=O) groups is 1. The van der Waals surface area contributed by atoms with Gasteiger partial charge in [0.2, 0.25) is 0 Å². The van der Waals surface area contributed by atoms with Gasteiger partial charge in [-0.05, 0) is 18.4 Å². The van der Waals surface area contributed by atoms with Crippen LogP contribution in [0.25, 0.3) is 0 Å². The first kappa shape index (κ1) is 16.3. The Morgan fingerprint density at radius 1 is 1.30 bits per heavy atom. The minimum Gasteiger partial charge on any atom is -0.497 e. The topological polar surface area (TPSA) is 67.8 Å². The van der Waals surface area contributed by atoms with E-state index >= 15 is 0 Å². The first-order chi connectivity index (χ1) is 9.47. The monoisotopic (exact) mass is 281 g/mol. The third-order valence-electron chi connectivity index (χ3n) is 3.04. The highest BCUT2D eigenvalue weighted by atomic mass is 16.5. The van der Waals surface area contributed by atoms with Gasteiger partial charge in [-0.25, -0.2) is 0 Å². The molecule has 112 valence electrons. The molecule has 0 aliphatic rings. The Morgan fingerprint density at radius 3 is 2.50 bits per heavy atom. The lowest BCUT2D eigenvalue weighted by Crippen LogP contribution is -2.37. The van der Waals surface area contributed by atoms with Gasteiger partial charge >= 0.3 is 5.97 Å². The second-order valence-electron chi connectivity index (χ2n) is 5.08. The molecule has 0 aliphatic heterocycles. The number of nitrogens with one attached hydrogen (secondary N) is 1. The largest absolute Gasteiger partial charge is 0.497 e. The fourth-order valence-corrected chi connectivity index (χ4v) is 1.97. The summed E-state index contributed by atoms with van der Waals surface area (Å²) in [5.74, 6) is 0.889. The molecule has 0 spiro atoms. The lowest BCUT2D eigenvalue weighted by atomic mass is 10.0. The quantitative estimate of drug-likeness (QED) is 0.765. The maximum absolute atomic E-state index is 11.2.